The van der Waals surface area contributed by atoms with Crippen LogP contribution in [0.4, 0.5) is 10.1 Å². The molecule has 0 aliphatic rings. The highest BCUT2D eigenvalue weighted by Gasteiger charge is 2.15. The van der Waals surface area contributed by atoms with Crippen molar-refractivity contribution >= 4 is 17.4 Å². The average molecular weight is 429 g/mol. The predicted molar refractivity (Wildman–Crippen MR) is 118 cm³/mol. The molecule has 4 rings (SSSR count). The van der Waals surface area contributed by atoms with Crippen LogP contribution in [0.25, 0.3) is 0 Å². The molecule has 7 heteroatoms. The Labute approximate surface area is 184 Å². The van der Waals surface area contributed by atoms with Gasteiger partial charge in [0.25, 0.3) is 5.91 Å². The maximum atomic E-state index is 13.1. The summed E-state index contributed by atoms with van der Waals surface area (Å²) in [7, 11) is 1.75. The Bertz CT molecular complexity index is 1250. The van der Waals surface area contributed by atoms with Crippen LogP contribution < -0.4 is 10.1 Å². The van der Waals surface area contributed by atoms with Gasteiger partial charge in [-0.05, 0) is 54.1 Å². The van der Waals surface area contributed by atoms with Gasteiger partial charge in [-0.25, -0.2) is 9.37 Å². The predicted octanol–water partition coefficient (Wildman–Crippen LogP) is 4.62. The third-order valence-electron chi connectivity index (χ3n) is 4.87. The number of para-hydroxylation sites is 1. The van der Waals surface area contributed by atoms with Crippen molar-refractivity contribution in [1.82, 2.24) is 9.55 Å². The lowest BCUT2D eigenvalue weighted by Crippen LogP contribution is -2.14. The maximum absolute atomic E-state index is 13.1. The van der Waals surface area contributed by atoms with Crippen LogP contribution in [0.15, 0.2) is 85.2 Å². The van der Waals surface area contributed by atoms with Gasteiger partial charge in [0, 0.05) is 30.7 Å². The number of anilines is 1. The van der Waals surface area contributed by atoms with Crippen molar-refractivity contribution in [2.24, 2.45) is 7.05 Å². The molecular formula is C25H20FN3O3. The minimum atomic E-state index is -0.345. The molecular weight excluding hydrogens is 409 g/mol. The van der Waals surface area contributed by atoms with E-state index < -0.39 is 0 Å². The lowest BCUT2D eigenvalue weighted by Gasteiger charge is -2.12. The van der Waals surface area contributed by atoms with Gasteiger partial charge in [-0.15, -0.1) is 0 Å². The van der Waals surface area contributed by atoms with Crippen molar-refractivity contribution in [2.45, 2.75) is 6.61 Å². The standard InChI is InChI=1S/C25H20FN3O3/c1-29-15-14-27-24(29)23(30)18-8-12-20(13-9-18)28-25(31)21-4-2-3-5-22(21)32-16-17-6-10-19(26)11-7-17/h2-15H,16H2,1H3,(H,28,31). The molecule has 6 nitrogen and oxygen atoms in total. The monoisotopic (exact) mass is 429 g/mol. The van der Waals surface area contributed by atoms with Gasteiger partial charge in [-0.2, -0.15) is 0 Å². The first kappa shape index (κ1) is 21.0. The summed E-state index contributed by atoms with van der Waals surface area (Å²) in [6, 6.07) is 19.5. The fourth-order valence-electron chi connectivity index (χ4n) is 3.14. The van der Waals surface area contributed by atoms with Crippen molar-refractivity contribution in [1.29, 1.82) is 0 Å². The van der Waals surface area contributed by atoms with E-state index >= 15 is 0 Å². The molecule has 32 heavy (non-hydrogen) atoms. The first-order chi connectivity index (χ1) is 15.5. The van der Waals surface area contributed by atoms with Gasteiger partial charge in [-0.1, -0.05) is 24.3 Å². The third kappa shape index (κ3) is 4.73. The van der Waals surface area contributed by atoms with E-state index in [9.17, 15) is 14.0 Å². The lowest BCUT2D eigenvalue weighted by molar-refractivity contribution is 0.101. The number of halogens is 1. The average Bonchev–Trinajstić information content (AvgIpc) is 3.24. The van der Waals surface area contributed by atoms with Gasteiger partial charge in [-0.3, -0.25) is 9.59 Å². The van der Waals surface area contributed by atoms with Gasteiger partial charge < -0.3 is 14.6 Å². The van der Waals surface area contributed by atoms with E-state index in [4.69, 9.17) is 4.74 Å². The molecule has 0 bridgehead atoms. The maximum Gasteiger partial charge on any atom is 0.259 e. The molecule has 1 heterocycles. The number of hydrogen-bond donors (Lipinski definition) is 1. The van der Waals surface area contributed by atoms with Crippen LogP contribution in [0.1, 0.15) is 32.1 Å². The van der Waals surface area contributed by atoms with E-state index in [1.807, 2.05) is 0 Å². The zero-order chi connectivity index (χ0) is 22.5. The van der Waals surface area contributed by atoms with Gasteiger partial charge in [0.15, 0.2) is 5.82 Å². The number of carbonyl (C=O) groups excluding carboxylic acids is 2. The second-order valence-corrected chi connectivity index (χ2v) is 7.13. The SMILES string of the molecule is Cn1ccnc1C(=O)c1ccc(NC(=O)c2ccccc2OCc2ccc(F)cc2)cc1. The number of nitrogens with one attached hydrogen (secondary N) is 1. The van der Waals surface area contributed by atoms with Crippen molar-refractivity contribution in [3.8, 4) is 5.75 Å². The lowest BCUT2D eigenvalue weighted by atomic mass is 10.1. The van der Waals surface area contributed by atoms with Gasteiger partial charge in [0.05, 0.1) is 5.56 Å². The second kappa shape index (κ2) is 9.26. The number of amides is 1. The highest BCUT2D eigenvalue weighted by atomic mass is 19.1. The Morgan fingerprint density at radius 2 is 1.72 bits per heavy atom. The number of aryl methyl sites for hydroxylation is 1. The van der Waals surface area contributed by atoms with Crippen LogP contribution in [0, 0.1) is 5.82 Å². The van der Waals surface area contributed by atoms with E-state index in [1.54, 1.807) is 84.7 Å². The van der Waals surface area contributed by atoms with E-state index in [1.165, 1.54) is 12.1 Å². The molecule has 160 valence electrons. The number of imidazole rings is 1. The Hall–Kier alpha value is -4.26. The fraction of sp³-hybridized carbons (Fsp3) is 0.0800. The number of aromatic nitrogens is 2. The van der Waals surface area contributed by atoms with E-state index in [0.717, 1.165) is 5.56 Å². The van der Waals surface area contributed by atoms with Gasteiger partial charge in [0.1, 0.15) is 18.2 Å². The summed E-state index contributed by atoms with van der Waals surface area (Å²) < 4.78 is 20.5. The second-order valence-electron chi connectivity index (χ2n) is 7.13. The summed E-state index contributed by atoms with van der Waals surface area (Å²) in [5, 5.41) is 2.82. The number of ether oxygens (including phenoxy) is 1. The normalized spacial score (nSPS) is 10.6. The van der Waals surface area contributed by atoms with Crippen LogP contribution >= 0.6 is 0 Å². The van der Waals surface area contributed by atoms with Crippen molar-refractivity contribution < 1.29 is 18.7 Å². The largest absolute Gasteiger partial charge is 0.488 e. The summed E-state index contributed by atoms with van der Waals surface area (Å²) >= 11 is 0. The molecule has 1 N–H and O–H groups in total. The summed E-state index contributed by atoms with van der Waals surface area (Å²) in [5.74, 6) is -0.108. The molecule has 3 aromatic carbocycles. The fourth-order valence-corrected chi connectivity index (χ4v) is 3.14. The Kier molecular flexibility index (Phi) is 6.07. The molecule has 0 aliphatic carbocycles. The topological polar surface area (TPSA) is 73.2 Å². The molecule has 0 saturated carbocycles. The Morgan fingerprint density at radius 3 is 2.41 bits per heavy atom. The van der Waals surface area contributed by atoms with Crippen molar-refractivity contribution in [3.05, 3.63) is 114 Å². The van der Waals surface area contributed by atoms with Crippen LogP contribution in [-0.2, 0) is 13.7 Å². The molecule has 0 fully saturated rings. The number of benzene rings is 3. The number of nitrogens with zero attached hydrogens (tertiary/aromatic N) is 2. The van der Waals surface area contributed by atoms with E-state index in [2.05, 4.69) is 10.3 Å². The third-order valence-corrected chi connectivity index (χ3v) is 4.87. The van der Waals surface area contributed by atoms with E-state index in [-0.39, 0.29) is 24.1 Å². The zero-order valence-corrected chi connectivity index (χ0v) is 17.3. The number of rotatable bonds is 7. The first-order valence-electron chi connectivity index (χ1n) is 9.91. The van der Waals surface area contributed by atoms with Crippen LogP contribution in [0.3, 0.4) is 0 Å². The van der Waals surface area contributed by atoms with Crippen molar-refractivity contribution in [2.75, 3.05) is 5.32 Å². The van der Waals surface area contributed by atoms with Crippen LogP contribution in [0.2, 0.25) is 0 Å². The minimum Gasteiger partial charge on any atom is -0.488 e. The highest BCUT2D eigenvalue weighted by molar-refractivity contribution is 6.08. The smallest absolute Gasteiger partial charge is 0.259 e. The highest BCUT2D eigenvalue weighted by Crippen LogP contribution is 2.22. The molecule has 0 atom stereocenters. The zero-order valence-electron chi connectivity index (χ0n) is 17.3. The quantitative estimate of drug-likeness (QED) is 0.435. The molecule has 1 aromatic heterocycles. The van der Waals surface area contributed by atoms with Crippen LogP contribution in [-0.4, -0.2) is 21.2 Å². The molecule has 0 unspecified atom stereocenters. The minimum absolute atomic E-state index is 0.199. The van der Waals surface area contributed by atoms with E-state index in [0.29, 0.717) is 28.4 Å². The number of carbonyl (C=O) groups is 2. The summed E-state index contributed by atoms with van der Waals surface area (Å²) in [5.41, 5.74) is 2.16. The van der Waals surface area contributed by atoms with Gasteiger partial charge >= 0.3 is 0 Å². The molecule has 0 saturated heterocycles. The summed E-state index contributed by atoms with van der Waals surface area (Å²) in [4.78, 5) is 29.4. The van der Waals surface area contributed by atoms with Crippen LogP contribution in [0.5, 0.6) is 5.75 Å². The Balaban J connectivity index is 1.44. The Morgan fingerprint density at radius 1 is 1.00 bits per heavy atom. The molecule has 1 amide bonds. The molecule has 0 aliphatic heterocycles. The first-order valence-corrected chi connectivity index (χ1v) is 9.91. The summed E-state index contributed by atoms with van der Waals surface area (Å²) in [6.07, 6.45) is 3.27. The number of ketones is 1. The van der Waals surface area contributed by atoms with Crippen molar-refractivity contribution in [3.63, 3.8) is 0 Å². The number of hydrogen-bond acceptors (Lipinski definition) is 4. The summed E-state index contributed by atoms with van der Waals surface area (Å²) in [6.45, 7) is 0.203. The molecule has 0 spiro atoms. The molecule has 4 aromatic rings. The molecule has 0 radical (unpaired) electrons. The van der Waals surface area contributed by atoms with Gasteiger partial charge in [0.2, 0.25) is 5.78 Å².